The molecular formula is C8H20F6NP. The van der Waals surface area contributed by atoms with Crippen LogP contribution in [-0.2, 0) is 0 Å². The van der Waals surface area contributed by atoms with Crippen LogP contribution < -0.4 is 5.32 Å². The Balaban J connectivity index is 0. The Morgan fingerprint density at radius 1 is 0.750 bits per heavy atom. The van der Waals surface area contributed by atoms with Gasteiger partial charge in [-0.05, 0) is 12.8 Å². The topological polar surface area (TPSA) is 16.6 Å². The van der Waals surface area contributed by atoms with Crippen molar-refractivity contribution in [3.8, 4) is 0 Å². The van der Waals surface area contributed by atoms with Crippen LogP contribution in [0.1, 0.15) is 39.5 Å². The van der Waals surface area contributed by atoms with Gasteiger partial charge in [0.15, 0.2) is 0 Å². The second-order valence-corrected chi connectivity index (χ2v) is 5.45. The fraction of sp³-hybridized carbons (Fsp3) is 1.00. The Hall–Kier alpha value is -0.0300. The Morgan fingerprint density at radius 2 is 1.00 bits per heavy atom. The van der Waals surface area contributed by atoms with Gasteiger partial charge in [0.05, 0.1) is 13.1 Å². The van der Waals surface area contributed by atoms with Gasteiger partial charge in [-0.25, -0.2) is 0 Å². The predicted molar refractivity (Wildman–Crippen MR) is 55.0 cm³/mol. The summed E-state index contributed by atoms with van der Waals surface area (Å²) in [6.45, 7) is 7.15. The number of quaternary nitrogens is 1. The maximum atomic E-state index is 9.87. The molecule has 104 valence electrons. The third-order valence-electron chi connectivity index (χ3n) is 1.52. The zero-order chi connectivity index (χ0) is 13.4. The minimum atomic E-state index is -10.7. The van der Waals surface area contributed by atoms with Crippen molar-refractivity contribution in [2.24, 2.45) is 0 Å². The number of hydrogen-bond acceptors (Lipinski definition) is 0. The Bertz CT molecular complexity index is 156. The van der Waals surface area contributed by atoms with Crippen LogP contribution in [0, 0.1) is 0 Å². The predicted octanol–water partition coefficient (Wildman–Crippen LogP) is 4.53. The van der Waals surface area contributed by atoms with Gasteiger partial charge in [0, 0.05) is 0 Å². The average molecular weight is 275 g/mol. The molecule has 0 amide bonds. The maximum absolute atomic E-state index is 10.7. The first-order valence-corrected chi connectivity index (χ1v) is 7.27. The van der Waals surface area contributed by atoms with Gasteiger partial charge in [-0.15, -0.1) is 0 Å². The van der Waals surface area contributed by atoms with Crippen LogP contribution in [0.5, 0.6) is 0 Å². The molecule has 0 aliphatic carbocycles. The molecule has 0 aliphatic heterocycles. The van der Waals surface area contributed by atoms with E-state index in [1.54, 1.807) is 0 Å². The zero-order valence-corrected chi connectivity index (χ0v) is 10.4. The van der Waals surface area contributed by atoms with Crippen molar-refractivity contribution < 1.29 is 30.5 Å². The second-order valence-electron chi connectivity index (χ2n) is 3.53. The molecule has 2 N–H and O–H groups in total. The van der Waals surface area contributed by atoms with E-state index in [2.05, 4.69) is 19.2 Å². The van der Waals surface area contributed by atoms with Gasteiger partial charge in [0.2, 0.25) is 0 Å². The molecule has 0 atom stereocenters. The van der Waals surface area contributed by atoms with Gasteiger partial charge in [-0.2, -0.15) is 0 Å². The summed E-state index contributed by atoms with van der Waals surface area (Å²) in [4.78, 5) is 0. The number of rotatable bonds is 6. The van der Waals surface area contributed by atoms with Crippen molar-refractivity contribution in [2.75, 3.05) is 13.1 Å². The minimum absolute atomic E-state index is 1.33. The standard InChI is InChI=1S/C8H19N.F6P/c1-3-5-7-9-8-6-4-2;1-7(2,3,4,5)6/h9H,3-8H2,1-2H3;/q;-1/p+1. The van der Waals surface area contributed by atoms with Gasteiger partial charge < -0.3 is 5.32 Å². The second kappa shape index (κ2) is 6.05. The van der Waals surface area contributed by atoms with Crippen molar-refractivity contribution in [3.63, 3.8) is 0 Å². The van der Waals surface area contributed by atoms with Crippen molar-refractivity contribution in [1.82, 2.24) is 0 Å². The molecule has 0 fully saturated rings. The average Bonchev–Trinajstić information content (AvgIpc) is 1.98. The van der Waals surface area contributed by atoms with Crippen molar-refractivity contribution in [2.45, 2.75) is 39.5 Å². The summed E-state index contributed by atoms with van der Waals surface area (Å²) < 4.78 is 59.2. The third-order valence-corrected chi connectivity index (χ3v) is 1.52. The molecule has 0 saturated carbocycles. The molecule has 0 aromatic rings. The molecular weight excluding hydrogens is 255 g/mol. The Labute approximate surface area is 91.8 Å². The zero-order valence-electron chi connectivity index (χ0n) is 9.53. The van der Waals surface area contributed by atoms with E-state index in [4.69, 9.17) is 0 Å². The summed E-state index contributed by atoms with van der Waals surface area (Å²) in [5.74, 6) is 0. The summed E-state index contributed by atoms with van der Waals surface area (Å²) in [6, 6.07) is 0. The molecule has 0 aromatic carbocycles. The fourth-order valence-electron chi connectivity index (χ4n) is 0.841. The number of unbranched alkanes of at least 4 members (excludes halogenated alkanes) is 2. The first-order chi connectivity index (χ1) is 6.86. The molecule has 0 saturated heterocycles. The Morgan fingerprint density at radius 3 is 1.19 bits per heavy atom. The van der Waals surface area contributed by atoms with E-state index in [-0.39, 0.29) is 0 Å². The van der Waals surface area contributed by atoms with Crippen molar-refractivity contribution in [3.05, 3.63) is 0 Å². The van der Waals surface area contributed by atoms with E-state index >= 15 is 0 Å². The first kappa shape index (κ1) is 18.3. The molecule has 0 aromatic heterocycles. The fourth-order valence-corrected chi connectivity index (χ4v) is 0.841. The van der Waals surface area contributed by atoms with Gasteiger partial charge in [-0.1, -0.05) is 26.7 Å². The molecule has 1 nitrogen and oxygen atoms in total. The van der Waals surface area contributed by atoms with Crippen LogP contribution in [0.3, 0.4) is 0 Å². The third kappa shape index (κ3) is 65.9. The molecule has 0 heterocycles. The van der Waals surface area contributed by atoms with Crippen molar-refractivity contribution >= 4 is 7.81 Å². The molecule has 0 aliphatic rings. The van der Waals surface area contributed by atoms with Gasteiger partial charge in [0.1, 0.15) is 0 Å². The molecule has 8 heteroatoms. The van der Waals surface area contributed by atoms with E-state index in [0.717, 1.165) is 0 Å². The summed E-state index contributed by atoms with van der Waals surface area (Å²) in [7, 11) is -10.7. The van der Waals surface area contributed by atoms with Gasteiger partial charge >= 0.3 is 33.0 Å². The molecule has 0 rings (SSSR count). The molecule has 0 unspecified atom stereocenters. The van der Waals surface area contributed by atoms with Crippen LogP contribution in [-0.4, -0.2) is 13.1 Å². The van der Waals surface area contributed by atoms with E-state index in [0.29, 0.717) is 0 Å². The normalized spacial score (nSPS) is 15.8. The molecule has 16 heavy (non-hydrogen) atoms. The summed E-state index contributed by atoms with van der Waals surface area (Å²) in [5.41, 5.74) is 0. The van der Waals surface area contributed by atoms with Gasteiger partial charge in [-0.3, -0.25) is 0 Å². The SMILES string of the molecule is CCCC[NH2+]CCCC.F[P-](F)(F)(F)(F)F. The van der Waals surface area contributed by atoms with Crippen LogP contribution >= 0.6 is 7.81 Å². The summed E-state index contributed by atoms with van der Waals surface area (Å²) in [5, 5.41) is 2.42. The number of halogens is 6. The van der Waals surface area contributed by atoms with Crippen LogP contribution in [0.25, 0.3) is 0 Å². The van der Waals surface area contributed by atoms with Gasteiger partial charge in [0.25, 0.3) is 0 Å². The quantitative estimate of drug-likeness (QED) is 0.416. The van der Waals surface area contributed by atoms with E-state index in [1.807, 2.05) is 0 Å². The van der Waals surface area contributed by atoms with Crippen molar-refractivity contribution in [1.29, 1.82) is 0 Å². The Kier molecular flexibility index (Phi) is 6.94. The molecule has 0 bridgehead atoms. The first-order valence-electron chi connectivity index (χ1n) is 5.24. The van der Waals surface area contributed by atoms with E-state index < -0.39 is 7.81 Å². The van der Waals surface area contributed by atoms with E-state index in [1.165, 1.54) is 38.8 Å². The number of nitrogens with two attached hydrogens (primary N) is 1. The van der Waals surface area contributed by atoms with Crippen LogP contribution in [0.15, 0.2) is 0 Å². The molecule has 0 spiro atoms. The number of hydrogen-bond donors (Lipinski definition) is 1. The molecule has 0 radical (unpaired) electrons. The summed E-state index contributed by atoms with van der Waals surface area (Å²) >= 11 is 0. The van der Waals surface area contributed by atoms with E-state index in [9.17, 15) is 25.2 Å². The monoisotopic (exact) mass is 275 g/mol. The van der Waals surface area contributed by atoms with Crippen LogP contribution in [0.4, 0.5) is 25.2 Å². The summed E-state index contributed by atoms with van der Waals surface area (Å²) in [6.07, 6.45) is 5.43. The van der Waals surface area contributed by atoms with Crippen LogP contribution in [0.2, 0.25) is 0 Å².